The van der Waals surface area contributed by atoms with Gasteiger partial charge >= 0.3 is 0 Å². The molecule has 1 amide bonds. The van der Waals surface area contributed by atoms with Gasteiger partial charge in [-0.15, -0.1) is 0 Å². The fourth-order valence-corrected chi connectivity index (χ4v) is 2.26. The van der Waals surface area contributed by atoms with Crippen molar-refractivity contribution in [1.29, 1.82) is 0 Å². The maximum absolute atomic E-state index is 13.3. The molecule has 110 valence electrons. The smallest absolute Gasteiger partial charge is 0.260 e. The number of ether oxygens (including phenoxy) is 1. The topological polar surface area (TPSA) is 49.8 Å². The lowest BCUT2D eigenvalue weighted by Crippen LogP contribution is -2.43. The molecule has 0 saturated carbocycles. The van der Waals surface area contributed by atoms with E-state index in [1.54, 1.807) is 4.90 Å². The highest BCUT2D eigenvalue weighted by atomic mass is 19.1. The van der Waals surface area contributed by atoms with Gasteiger partial charge in [-0.2, -0.15) is 0 Å². The largest absolute Gasteiger partial charge is 0.481 e. The Balaban J connectivity index is 1.88. The second-order valence-corrected chi connectivity index (χ2v) is 4.89. The number of amides is 1. The molecule has 1 aromatic carbocycles. The maximum atomic E-state index is 13.3. The molecule has 20 heavy (non-hydrogen) atoms. The Morgan fingerprint density at radius 3 is 2.95 bits per heavy atom. The van der Waals surface area contributed by atoms with E-state index in [4.69, 9.17) is 9.84 Å². The number of hydrogen-bond donors (Lipinski definition) is 1. The minimum absolute atomic E-state index is 0.0528. The fourth-order valence-electron chi connectivity index (χ4n) is 2.26. The number of hydrogen-bond acceptors (Lipinski definition) is 3. The summed E-state index contributed by atoms with van der Waals surface area (Å²) in [4.78, 5) is 13.5. The molecular formula is C14H17F2NO3. The van der Waals surface area contributed by atoms with Gasteiger partial charge in [0.15, 0.2) is 18.2 Å². The lowest BCUT2D eigenvalue weighted by atomic mass is 9.99. The van der Waals surface area contributed by atoms with Gasteiger partial charge in [0.2, 0.25) is 0 Å². The number of piperidine rings is 1. The number of nitrogens with zero attached hydrogens (tertiary/aromatic N) is 1. The summed E-state index contributed by atoms with van der Waals surface area (Å²) in [5.74, 6) is -1.83. The van der Waals surface area contributed by atoms with Crippen molar-refractivity contribution in [2.75, 3.05) is 26.3 Å². The molecule has 1 N–H and O–H groups in total. The van der Waals surface area contributed by atoms with Crippen LogP contribution >= 0.6 is 0 Å². The zero-order valence-corrected chi connectivity index (χ0v) is 11.0. The van der Waals surface area contributed by atoms with E-state index in [-0.39, 0.29) is 30.8 Å². The van der Waals surface area contributed by atoms with Crippen molar-refractivity contribution in [1.82, 2.24) is 4.90 Å². The monoisotopic (exact) mass is 285 g/mol. The second kappa shape index (κ2) is 6.65. The van der Waals surface area contributed by atoms with Gasteiger partial charge in [-0.3, -0.25) is 4.79 Å². The molecule has 1 heterocycles. The number of aliphatic hydroxyl groups is 1. The zero-order chi connectivity index (χ0) is 14.5. The molecule has 2 rings (SSSR count). The highest BCUT2D eigenvalue weighted by molar-refractivity contribution is 5.77. The molecule has 0 aliphatic carbocycles. The van der Waals surface area contributed by atoms with E-state index in [1.165, 1.54) is 0 Å². The van der Waals surface area contributed by atoms with Gasteiger partial charge in [0.1, 0.15) is 5.82 Å². The van der Waals surface area contributed by atoms with Gasteiger partial charge in [-0.05, 0) is 30.9 Å². The molecule has 1 fully saturated rings. The molecule has 1 aromatic rings. The van der Waals surface area contributed by atoms with Crippen molar-refractivity contribution in [3.05, 3.63) is 29.8 Å². The first-order valence-corrected chi connectivity index (χ1v) is 6.56. The van der Waals surface area contributed by atoms with Crippen molar-refractivity contribution in [3.63, 3.8) is 0 Å². The molecule has 1 aliphatic heterocycles. The summed E-state index contributed by atoms with van der Waals surface area (Å²) in [6.45, 7) is 0.868. The first-order valence-electron chi connectivity index (χ1n) is 6.56. The third-order valence-corrected chi connectivity index (χ3v) is 3.37. The predicted molar refractivity (Wildman–Crippen MR) is 68.2 cm³/mol. The molecule has 1 atom stereocenters. The van der Waals surface area contributed by atoms with Crippen LogP contribution in [0.4, 0.5) is 8.78 Å². The van der Waals surface area contributed by atoms with Crippen molar-refractivity contribution < 1.29 is 23.4 Å². The average molecular weight is 285 g/mol. The molecule has 4 nitrogen and oxygen atoms in total. The molecule has 0 aromatic heterocycles. The van der Waals surface area contributed by atoms with Crippen molar-refractivity contribution in [2.24, 2.45) is 5.92 Å². The van der Waals surface area contributed by atoms with Gasteiger partial charge in [-0.1, -0.05) is 0 Å². The summed E-state index contributed by atoms with van der Waals surface area (Å²) in [7, 11) is 0. The van der Waals surface area contributed by atoms with Crippen LogP contribution in [0.2, 0.25) is 0 Å². The molecule has 6 heteroatoms. The number of halogens is 2. The molecular weight excluding hydrogens is 268 g/mol. The van der Waals surface area contributed by atoms with Crippen LogP contribution in [0.5, 0.6) is 5.75 Å². The lowest BCUT2D eigenvalue weighted by Gasteiger charge is -2.31. The first-order chi connectivity index (χ1) is 9.60. The molecule has 1 unspecified atom stereocenters. The SMILES string of the molecule is O=C(COc1ccc(F)cc1F)N1CCCC(CO)C1. The standard InChI is InChI=1S/C14H17F2NO3/c15-11-3-4-13(12(16)6-11)20-9-14(19)17-5-1-2-10(7-17)8-18/h3-4,6,10,18H,1-2,5,7-9H2. The van der Waals surface area contributed by atoms with E-state index in [0.29, 0.717) is 19.2 Å². The lowest BCUT2D eigenvalue weighted by molar-refractivity contribution is -0.135. The van der Waals surface area contributed by atoms with E-state index < -0.39 is 11.6 Å². The van der Waals surface area contributed by atoms with Gasteiger partial charge in [0, 0.05) is 25.8 Å². The van der Waals surface area contributed by atoms with Crippen LogP contribution in [-0.2, 0) is 4.79 Å². The fraction of sp³-hybridized carbons (Fsp3) is 0.500. The predicted octanol–water partition coefficient (Wildman–Crippen LogP) is 1.57. The van der Waals surface area contributed by atoms with Crippen LogP contribution in [-0.4, -0.2) is 42.2 Å². The number of benzene rings is 1. The summed E-state index contributed by atoms with van der Waals surface area (Å²) in [6, 6.07) is 2.94. The summed E-state index contributed by atoms with van der Waals surface area (Å²) < 4.78 is 31.1. The molecule has 1 aliphatic rings. The van der Waals surface area contributed by atoms with Gasteiger partial charge < -0.3 is 14.7 Å². The van der Waals surface area contributed by atoms with Crippen molar-refractivity contribution in [3.8, 4) is 5.75 Å². The van der Waals surface area contributed by atoms with Crippen LogP contribution in [0.3, 0.4) is 0 Å². The molecule has 0 spiro atoms. The van der Waals surface area contributed by atoms with Crippen LogP contribution < -0.4 is 4.74 Å². The minimum Gasteiger partial charge on any atom is -0.481 e. The van der Waals surface area contributed by atoms with E-state index in [1.807, 2.05) is 0 Å². The van der Waals surface area contributed by atoms with Crippen LogP contribution in [0.15, 0.2) is 18.2 Å². The van der Waals surface area contributed by atoms with E-state index in [0.717, 1.165) is 25.0 Å². The third kappa shape index (κ3) is 3.66. The van der Waals surface area contributed by atoms with Gasteiger partial charge in [-0.25, -0.2) is 8.78 Å². The number of rotatable bonds is 4. The van der Waals surface area contributed by atoms with E-state index >= 15 is 0 Å². The highest BCUT2D eigenvalue weighted by Gasteiger charge is 2.23. The van der Waals surface area contributed by atoms with Crippen LogP contribution in [0.25, 0.3) is 0 Å². The van der Waals surface area contributed by atoms with Gasteiger partial charge in [0.25, 0.3) is 5.91 Å². The third-order valence-electron chi connectivity index (χ3n) is 3.37. The van der Waals surface area contributed by atoms with Crippen LogP contribution in [0, 0.1) is 17.6 Å². The second-order valence-electron chi connectivity index (χ2n) is 4.89. The summed E-state index contributed by atoms with van der Waals surface area (Å²) in [5.41, 5.74) is 0. The van der Waals surface area contributed by atoms with E-state index in [9.17, 15) is 13.6 Å². The number of likely N-dealkylation sites (tertiary alicyclic amines) is 1. The Kier molecular flexibility index (Phi) is 4.89. The average Bonchev–Trinajstić information content (AvgIpc) is 2.46. The van der Waals surface area contributed by atoms with Crippen molar-refractivity contribution in [2.45, 2.75) is 12.8 Å². The van der Waals surface area contributed by atoms with Gasteiger partial charge in [0.05, 0.1) is 0 Å². The molecule has 1 saturated heterocycles. The summed E-state index contributed by atoms with van der Waals surface area (Å²) in [5, 5.41) is 9.11. The summed E-state index contributed by atoms with van der Waals surface area (Å²) >= 11 is 0. The van der Waals surface area contributed by atoms with Crippen LogP contribution in [0.1, 0.15) is 12.8 Å². The molecule has 0 bridgehead atoms. The Labute approximate surface area is 116 Å². The summed E-state index contributed by atoms with van der Waals surface area (Å²) in [6.07, 6.45) is 1.73. The number of carbonyl (C=O) groups excluding carboxylic acids is 1. The Morgan fingerprint density at radius 1 is 1.45 bits per heavy atom. The van der Waals surface area contributed by atoms with E-state index in [2.05, 4.69) is 0 Å². The normalized spacial score (nSPS) is 18.9. The van der Waals surface area contributed by atoms with Crippen molar-refractivity contribution >= 4 is 5.91 Å². The Hall–Kier alpha value is -1.69. The Morgan fingerprint density at radius 2 is 2.25 bits per heavy atom. The quantitative estimate of drug-likeness (QED) is 0.913. The maximum Gasteiger partial charge on any atom is 0.260 e. The zero-order valence-electron chi connectivity index (χ0n) is 11.0. The first kappa shape index (κ1) is 14.7. The number of aliphatic hydroxyl groups excluding tert-OH is 1. The minimum atomic E-state index is -0.829. The Bertz CT molecular complexity index is 481. The molecule has 0 radical (unpaired) electrons. The highest BCUT2D eigenvalue weighted by Crippen LogP contribution is 2.19. The number of carbonyl (C=O) groups is 1.